The third-order valence-corrected chi connectivity index (χ3v) is 4.52. The van der Waals surface area contributed by atoms with Gasteiger partial charge in [0.25, 0.3) is 0 Å². The van der Waals surface area contributed by atoms with Crippen molar-refractivity contribution in [3.05, 3.63) is 76.7 Å². The molecule has 140 valence electrons. The zero-order chi connectivity index (χ0) is 19.4. The molecule has 0 spiro atoms. The van der Waals surface area contributed by atoms with Gasteiger partial charge in [0, 0.05) is 36.4 Å². The van der Waals surface area contributed by atoms with E-state index in [2.05, 4.69) is 10.4 Å². The van der Waals surface area contributed by atoms with E-state index < -0.39 is 5.82 Å². The summed E-state index contributed by atoms with van der Waals surface area (Å²) in [5.74, 6) is -0.303. The van der Waals surface area contributed by atoms with Crippen molar-refractivity contribution in [2.24, 2.45) is 0 Å². The second kappa shape index (κ2) is 8.22. The molecule has 5 nitrogen and oxygen atoms in total. The van der Waals surface area contributed by atoms with Crippen molar-refractivity contribution in [1.29, 1.82) is 0 Å². The van der Waals surface area contributed by atoms with Gasteiger partial charge in [-0.1, -0.05) is 29.8 Å². The summed E-state index contributed by atoms with van der Waals surface area (Å²) in [6.07, 6.45) is 1.47. The lowest BCUT2D eigenvalue weighted by Crippen LogP contribution is -2.18. The second-order valence-electron chi connectivity index (χ2n) is 6.36. The first-order valence-electron chi connectivity index (χ1n) is 8.45. The first-order chi connectivity index (χ1) is 12.9. The predicted octanol–water partition coefficient (Wildman–Crippen LogP) is 3.97. The molecule has 27 heavy (non-hydrogen) atoms. The van der Waals surface area contributed by atoms with Gasteiger partial charge in [0.05, 0.1) is 19.2 Å². The van der Waals surface area contributed by atoms with Crippen LogP contribution >= 0.6 is 11.6 Å². The molecule has 0 radical (unpaired) electrons. The van der Waals surface area contributed by atoms with E-state index in [1.165, 1.54) is 12.1 Å². The summed E-state index contributed by atoms with van der Waals surface area (Å²) >= 11 is 5.99. The van der Waals surface area contributed by atoms with E-state index in [0.717, 1.165) is 11.3 Å². The quantitative estimate of drug-likeness (QED) is 0.697. The molecule has 0 saturated carbocycles. The summed E-state index contributed by atoms with van der Waals surface area (Å²) in [5.41, 5.74) is 2.34. The van der Waals surface area contributed by atoms with Crippen LogP contribution in [0, 0.1) is 5.82 Å². The minimum Gasteiger partial charge on any atom is -0.378 e. The van der Waals surface area contributed by atoms with Gasteiger partial charge in [0.2, 0.25) is 5.91 Å². The number of anilines is 2. The number of rotatable bonds is 6. The van der Waals surface area contributed by atoms with Crippen molar-refractivity contribution < 1.29 is 9.18 Å². The maximum Gasteiger partial charge on any atom is 0.230 e. The molecule has 3 rings (SSSR count). The molecule has 1 amide bonds. The van der Waals surface area contributed by atoms with E-state index in [9.17, 15) is 9.18 Å². The number of nitrogens with one attached hydrogen (secondary N) is 1. The maximum atomic E-state index is 13.9. The largest absolute Gasteiger partial charge is 0.378 e. The minimum absolute atomic E-state index is 0.145. The molecule has 0 unspecified atom stereocenters. The maximum absolute atomic E-state index is 13.9. The van der Waals surface area contributed by atoms with Crippen LogP contribution in [0.1, 0.15) is 11.1 Å². The van der Waals surface area contributed by atoms with Crippen molar-refractivity contribution in [3.8, 4) is 0 Å². The van der Waals surface area contributed by atoms with Crippen molar-refractivity contribution >= 4 is 29.0 Å². The van der Waals surface area contributed by atoms with E-state index in [1.807, 2.05) is 43.3 Å². The molecular formula is C20H20ClFN4O. The lowest BCUT2D eigenvalue weighted by molar-refractivity contribution is -0.115. The van der Waals surface area contributed by atoms with Crippen molar-refractivity contribution in [3.63, 3.8) is 0 Å². The standard InChI is InChI=1S/C20H20ClFN4O/c1-25(2)15-8-6-14(7-9-15)13-26-19(10-11-23-26)24-20(27)12-16-17(21)4-3-5-18(16)22/h3-11H,12-13H2,1-2H3,(H,24,27). The van der Waals surface area contributed by atoms with Gasteiger partial charge < -0.3 is 10.2 Å². The molecule has 0 aliphatic carbocycles. The molecule has 0 bridgehead atoms. The van der Waals surface area contributed by atoms with Crippen LogP contribution in [-0.2, 0) is 17.8 Å². The Morgan fingerprint density at radius 3 is 2.59 bits per heavy atom. The zero-order valence-electron chi connectivity index (χ0n) is 15.1. The number of halogens is 2. The van der Waals surface area contributed by atoms with Crippen LogP contribution in [-0.4, -0.2) is 29.8 Å². The monoisotopic (exact) mass is 386 g/mol. The smallest absolute Gasteiger partial charge is 0.230 e. The molecule has 1 aromatic heterocycles. The first kappa shape index (κ1) is 18.9. The minimum atomic E-state index is -0.493. The van der Waals surface area contributed by atoms with Crippen molar-refractivity contribution in [2.45, 2.75) is 13.0 Å². The molecule has 3 aromatic rings. The van der Waals surface area contributed by atoms with Crippen molar-refractivity contribution in [1.82, 2.24) is 9.78 Å². The highest BCUT2D eigenvalue weighted by Gasteiger charge is 2.14. The van der Waals surface area contributed by atoms with E-state index >= 15 is 0 Å². The van der Waals surface area contributed by atoms with Gasteiger partial charge >= 0.3 is 0 Å². The van der Waals surface area contributed by atoms with Gasteiger partial charge in [-0.15, -0.1) is 0 Å². The Morgan fingerprint density at radius 1 is 1.19 bits per heavy atom. The Balaban J connectivity index is 1.68. The summed E-state index contributed by atoms with van der Waals surface area (Å²) in [5, 5.41) is 7.26. The van der Waals surface area contributed by atoms with Crippen LogP contribution in [0.25, 0.3) is 0 Å². The van der Waals surface area contributed by atoms with Crippen LogP contribution < -0.4 is 10.2 Å². The van der Waals surface area contributed by atoms with Crippen LogP contribution in [0.5, 0.6) is 0 Å². The zero-order valence-corrected chi connectivity index (χ0v) is 15.9. The van der Waals surface area contributed by atoms with E-state index in [0.29, 0.717) is 12.4 Å². The number of hydrogen-bond donors (Lipinski definition) is 1. The predicted molar refractivity (Wildman–Crippen MR) is 106 cm³/mol. The Morgan fingerprint density at radius 2 is 1.93 bits per heavy atom. The number of hydrogen-bond acceptors (Lipinski definition) is 3. The summed E-state index contributed by atoms with van der Waals surface area (Å²) in [7, 11) is 3.97. The summed E-state index contributed by atoms with van der Waals surface area (Å²) < 4.78 is 15.5. The molecule has 0 aliphatic heterocycles. The van der Waals surface area contributed by atoms with Gasteiger partial charge in [-0.05, 0) is 29.8 Å². The normalized spacial score (nSPS) is 10.7. The van der Waals surface area contributed by atoms with Gasteiger partial charge in [0.1, 0.15) is 11.6 Å². The van der Waals surface area contributed by atoms with Gasteiger partial charge in [-0.3, -0.25) is 4.79 Å². The van der Waals surface area contributed by atoms with Gasteiger partial charge in [-0.25, -0.2) is 9.07 Å². The third-order valence-electron chi connectivity index (χ3n) is 4.17. The third kappa shape index (κ3) is 4.65. The Hall–Kier alpha value is -2.86. The molecule has 0 aliphatic rings. The second-order valence-corrected chi connectivity index (χ2v) is 6.77. The number of aromatic nitrogens is 2. The van der Waals surface area contributed by atoms with Crippen LogP contribution in [0.2, 0.25) is 5.02 Å². The highest BCUT2D eigenvalue weighted by Crippen LogP contribution is 2.20. The van der Waals surface area contributed by atoms with Gasteiger partial charge in [0.15, 0.2) is 0 Å². The number of amides is 1. The molecule has 0 fully saturated rings. The Bertz CT molecular complexity index is 917. The van der Waals surface area contributed by atoms with E-state index in [4.69, 9.17) is 11.6 Å². The van der Waals surface area contributed by atoms with Gasteiger partial charge in [-0.2, -0.15) is 5.10 Å². The number of nitrogens with zero attached hydrogens (tertiary/aromatic N) is 3. The molecule has 1 heterocycles. The molecule has 2 aromatic carbocycles. The summed E-state index contributed by atoms with van der Waals surface area (Å²) in [6.45, 7) is 0.511. The molecule has 1 N–H and O–H groups in total. The average Bonchev–Trinajstić information content (AvgIpc) is 3.05. The summed E-state index contributed by atoms with van der Waals surface area (Å²) in [4.78, 5) is 14.4. The Labute approximate surface area is 162 Å². The van der Waals surface area contributed by atoms with Crippen LogP contribution in [0.15, 0.2) is 54.7 Å². The molecular weight excluding hydrogens is 367 g/mol. The van der Waals surface area contributed by atoms with E-state index in [1.54, 1.807) is 23.0 Å². The number of carbonyl (C=O) groups excluding carboxylic acids is 1. The molecule has 0 atom stereocenters. The average molecular weight is 387 g/mol. The first-order valence-corrected chi connectivity index (χ1v) is 8.82. The Kier molecular flexibility index (Phi) is 5.76. The molecule has 0 saturated heterocycles. The fourth-order valence-corrected chi connectivity index (χ4v) is 2.92. The lowest BCUT2D eigenvalue weighted by Gasteiger charge is -2.13. The fraction of sp³-hybridized carbons (Fsp3) is 0.200. The number of carbonyl (C=O) groups is 1. The highest BCUT2D eigenvalue weighted by molar-refractivity contribution is 6.31. The lowest BCUT2D eigenvalue weighted by atomic mass is 10.1. The highest BCUT2D eigenvalue weighted by atomic mass is 35.5. The molecule has 7 heteroatoms. The van der Waals surface area contributed by atoms with Crippen LogP contribution in [0.3, 0.4) is 0 Å². The fourth-order valence-electron chi connectivity index (χ4n) is 2.69. The summed E-state index contributed by atoms with van der Waals surface area (Å²) in [6, 6.07) is 14.1. The van der Waals surface area contributed by atoms with Crippen LogP contribution in [0.4, 0.5) is 15.9 Å². The van der Waals surface area contributed by atoms with Crippen molar-refractivity contribution in [2.75, 3.05) is 24.3 Å². The number of benzene rings is 2. The van der Waals surface area contributed by atoms with E-state index in [-0.39, 0.29) is 22.9 Å². The SMILES string of the molecule is CN(C)c1ccc(Cn2nccc2NC(=O)Cc2c(F)cccc2Cl)cc1. The topological polar surface area (TPSA) is 50.2 Å².